The number of benzene rings is 3. The first-order valence-electron chi connectivity index (χ1n) is 9.56. The number of rotatable bonds is 6. The van der Waals surface area contributed by atoms with E-state index < -0.39 is 0 Å². The fourth-order valence-electron chi connectivity index (χ4n) is 3.05. The highest BCUT2D eigenvalue weighted by atomic mass is 79.9. The Kier molecular flexibility index (Phi) is 6.98. The van der Waals surface area contributed by atoms with Gasteiger partial charge in [-0.15, -0.1) is 0 Å². The first-order chi connectivity index (χ1) is 15.4. The highest BCUT2D eigenvalue weighted by Gasteiger charge is 2.35. The Bertz CT molecular complexity index is 1220. The third-order valence-electron chi connectivity index (χ3n) is 4.72. The van der Waals surface area contributed by atoms with Crippen LogP contribution in [0.5, 0.6) is 5.75 Å². The van der Waals surface area contributed by atoms with E-state index in [1.807, 2.05) is 12.1 Å². The van der Waals surface area contributed by atoms with Gasteiger partial charge in [0.05, 0.1) is 15.9 Å². The molecule has 4 nitrogen and oxygen atoms in total. The second-order valence-electron chi connectivity index (χ2n) is 6.96. The zero-order chi connectivity index (χ0) is 22.7. The van der Waals surface area contributed by atoms with Crippen LogP contribution in [0.3, 0.4) is 0 Å². The number of carbonyl (C=O) groups excluding carboxylic acids is 2. The maximum absolute atomic E-state index is 13.0. The van der Waals surface area contributed by atoms with Crippen LogP contribution in [0.4, 0.5) is 9.18 Å². The van der Waals surface area contributed by atoms with Crippen LogP contribution >= 0.6 is 39.3 Å². The van der Waals surface area contributed by atoms with Crippen molar-refractivity contribution in [1.29, 1.82) is 0 Å². The number of carbonyl (C=O) groups is 2. The highest BCUT2D eigenvalue weighted by Crippen LogP contribution is 2.35. The molecule has 0 unspecified atom stereocenters. The lowest BCUT2D eigenvalue weighted by Gasteiger charge is -2.13. The van der Waals surface area contributed by atoms with Crippen LogP contribution in [0.25, 0.3) is 6.08 Å². The Morgan fingerprint density at radius 1 is 1.06 bits per heavy atom. The molecule has 1 aliphatic heterocycles. The standard InChI is InChI=1S/C24H16BrClFNO3S/c25-19-11-16(7-10-21(19)31-14-15-5-8-18(27)9-6-15)12-22-23(29)28(24(30)32-22)13-17-3-1-2-4-20(17)26/h1-12H,13-14H2/b22-12-. The Hall–Kier alpha value is -2.61. The summed E-state index contributed by atoms with van der Waals surface area (Å²) in [5.41, 5.74) is 2.30. The molecule has 0 atom stereocenters. The molecule has 1 saturated heterocycles. The molecule has 1 aliphatic rings. The van der Waals surface area contributed by atoms with Gasteiger partial charge in [-0.05, 0) is 80.8 Å². The van der Waals surface area contributed by atoms with E-state index in [0.717, 1.165) is 22.9 Å². The fourth-order valence-corrected chi connectivity index (χ4v) is 4.60. The molecule has 32 heavy (non-hydrogen) atoms. The number of halogens is 3. The van der Waals surface area contributed by atoms with Crippen molar-refractivity contribution in [1.82, 2.24) is 4.90 Å². The molecule has 1 fully saturated rings. The first-order valence-corrected chi connectivity index (χ1v) is 11.5. The Labute approximate surface area is 202 Å². The molecule has 3 aromatic rings. The molecule has 2 amide bonds. The smallest absolute Gasteiger partial charge is 0.293 e. The van der Waals surface area contributed by atoms with Crippen LogP contribution < -0.4 is 4.74 Å². The van der Waals surface area contributed by atoms with E-state index in [2.05, 4.69) is 15.9 Å². The number of thioether (sulfide) groups is 1. The molecule has 8 heteroatoms. The van der Waals surface area contributed by atoms with Gasteiger partial charge in [0, 0.05) is 5.02 Å². The summed E-state index contributed by atoms with van der Waals surface area (Å²) in [6.45, 7) is 0.417. The molecule has 1 heterocycles. The molecule has 0 saturated carbocycles. The summed E-state index contributed by atoms with van der Waals surface area (Å²) in [4.78, 5) is 26.7. The predicted molar refractivity (Wildman–Crippen MR) is 128 cm³/mol. The molecular formula is C24H16BrClFNO3S. The fraction of sp³-hybridized carbons (Fsp3) is 0.0833. The lowest BCUT2D eigenvalue weighted by molar-refractivity contribution is -0.123. The van der Waals surface area contributed by atoms with E-state index in [1.54, 1.807) is 48.5 Å². The molecule has 0 spiro atoms. The van der Waals surface area contributed by atoms with Crippen molar-refractivity contribution >= 4 is 56.5 Å². The maximum atomic E-state index is 13.0. The minimum Gasteiger partial charge on any atom is -0.488 e. The van der Waals surface area contributed by atoms with Gasteiger partial charge in [-0.1, -0.05) is 48.0 Å². The Morgan fingerprint density at radius 2 is 1.81 bits per heavy atom. The van der Waals surface area contributed by atoms with Crippen molar-refractivity contribution < 1.29 is 18.7 Å². The number of ether oxygens (including phenoxy) is 1. The van der Waals surface area contributed by atoms with E-state index in [-0.39, 0.29) is 23.5 Å². The molecule has 4 rings (SSSR count). The second-order valence-corrected chi connectivity index (χ2v) is 9.22. The number of hydrogen-bond acceptors (Lipinski definition) is 4. The molecular weight excluding hydrogens is 517 g/mol. The van der Waals surface area contributed by atoms with Crippen LogP contribution in [0, 0.1) is 5.82 Å². The van der Waals surface area contributed by atoms with Crippen molar-refractivity contribution in [2.75, 3.05) is 0 Å². The Balaban J connectivity index is 1.45. The monoisotopic (exact) mass is 531 g/mol. The van der Waals surface area contributed by atoms with Crippen molar-refractivity contribution in [3.05, 3.63) is 104 Å². The minimum absolute atomic E-state index is 0.127. The first kappa shape index (κ1) is 22.6. The summed E-state index contributed by atoms with van der Waals surface area (Å²) in [7, 11) is 0. The van der Waals surface area contributed by atoms with E-state index in [4.69, 9.17) is 16.3 Å². The lowest BCUT2D eigenvalue weighted by atomic mass is 10.2. The summed E-state index contributed by atoms with van der Waals surface area (Å²) in [6.07, 6.45) is 1.67. The van der Waals surface area contributed by atoms with E-state index in [1.165, 1.54) is 17.0 Å². The van der Waals surface area contributed by atoms with Gasteiger partial charge in [-0.25, -0.2) is 4.39 Å². The number of amides is 2. The van der Waals surface area contributed by atoms with Gasteiger partial charge in [-0.3, -0.25) is 14.5 Å². The molecule has 0 bridgehead atoms. The summed E-state index contributed by atoms with van der Waals surface area (Å²) in [5, 5.41) is 0.176. The van der Waals surface area contributed by atoms with Crippen LogP contribution in [-0.2, 0) is 17.9 Å². The average molecular weight is 533 g/mol. The van der Waals surface area contributed by atoms with E-state index in [0.29, 0.717) is 32.3 Å². The van der Waals surface area contributed by atoms with Crippen molar-refractivity contribution in [2.24, 2.45) is 0 Å². The number of imide groups is 1. The molecule has 0 aromatic heterocycles. The largest absolute Gasteiger partial charge is 0.488 e. The quantitative estimate of drug-likeness (QED) is 0.319. The summed E-state index contributed by atoms with van der Waals surface area (Å²) < 4.78 is 19.5. The van der Waals surface area contributed by atoms with Crippen molar-refractivity contribution in [3.63, 3.8) is 0 Å². The third kappa shape index (κ3) is 5.23. The number of hydrogen-bond donors (Lipinski definition) is 0. The van der Waals surface area contributed by atoms with Crippen LogP contribution in [0.2, 0.25) is 5.02 Å². The van der Waals surface area contributed by atoms with E-state index >= 15 is 0 Å². The molecule has 162 valence electrons. The van der Waals surface area contributed by atoms with Gasteiger partial charge in [0.15, 0.2) is 0 Å². The summed E-state index contributed by atoms with van der Waals surface area (Å²) >= 11 is 10.5. The average Bonchev–Trinajstić information content (AvgIpc) is 3.03. The van der Waals surface area contributed by atoms with Crippen LogP contribution in [0.15, 0.2) is 76.1 Å². The van der Waals surface area contributed by atoms with Crippen molar-refractivity contribution in [2.45, 2.75) is 13.2 Å². The van der Waals surface area contributed by atoms with Gasteiger partial charge < -0.3 is 4.74 Å². The second kappa shape index (κ2) is 9.90. The maximum Gasteiger partial charge on any atom is 0.293 e. The SMILES string of the molecule is O=C1S/C(=C\c2ccc(OCc3ccc(F)cc3)c(Br)c2)C(=O)N1Cc1ccccc1Cl. The highest BCUT2D eigenvalue weighted by molar-refractivity contribution is 9.10. The molecule has 0 N–H and O–H groups in total. The molecule has 3 aromatic carbocycles. The van der Waals surface area contributed by atoms with Gasteiger partial charge in [0.25, 0.3) is 11.1 Å². The normalized spacial score (nSPS) is 15.0. The Morgan fingerprint density at radius 3 is 2.53 bits per heavy atom. The topological polar surface area (TPSA) is 46.6 Å². The van der Waals surface area contributed by atoms with E-state index in [9.17, 15) is 14.0 Å². The minimum atomic E-state index is -0.354. The molecule has 0 aliphatic carbocycles. The van der Waals surface area contributed by atoms with Crippen LogP contribution in [0.1, 0.15) is 16.7 Å². The van der Waals surface area contributed by atoms with Gasteiger partial charge in [0.1, 0.15) is 18.2 Å². The van der Waals surface area contributed by atoms with Crippen molar-refractivity contribution in [3.8, 4) is 5.75 Å². The molecule has 0 radical (unpaired) electrons. The van der Waals surface area contributed by atoms with Gasteiger partial charge in [0.2, 0.25) is 0 Å². The van der Waals surface area contributed by atoms with Crippen LogP contribution in [-0.4, -0.2) is 16.0 Å². The van der Waals surface area contributed by atoms with Gasteiger partial charge >= 0.3 is 0 Å². The summed E-state index contributed by atoms with van der Waals surface area (Å²) in [6, 6.07) is 18.6. The predicted octanol–water partition coefficient (Wildman–Crippen LogP) is 7.06. The van der Waals surface area contributed by atoms with Gasteiger partial charge in [-0.2, -0.15) is 0 Å². The third-order valence-corrected chi connectivity index (χ3v) is 6.62. The lowest BCUT2D eigenvalue weighted by Crippen LogP contribution is -2.27. The number of nitrogens with zero attached hydrogens (tertiary/aromatic N) is 1. The summed E-state index contributed by atoms with van der Waals surface area (Å²) in [5.74, 6) is -0.0402. The zero-order valence-corrected chi connectivity index (χ0v) is 19.7. The zero-order valence-electron chi connectivity index (χ0n) is 16.6.